The summed E-state index contributed by atoms with van der Waals surface area (Å²) < 4.78 is 20.5. The van der Waals surface area contributed by atoms with Crippen molar-refractivity contribution >= 4 is 13.6 Å². The van der Waals surface area contributed by atoms with Gasteiger partial charge in [-0.05, 0) is 52.4 Å². The number of ketones is 1. The van der Waals surface area contributed by atoms with Gasteiger partial charge in [-0.1, -0.05) is 142 Å². The van der Waals surface area contributed by atoms with Crippen molar-refractivity contribution in [3.05, 3.63) is 12.2 Å². The van der Waals surface area contributed by atoms with E-state index >= 15 is 0 Å². The molecule has 9 nitrogen and oxygen atoms in total. The van der Waals surface area contributed by atoms with Crippen molar-refractivity contribution in [3.8, 4) is 0 Å². The van der Waals surface area contributed by atoms with Gasteiger partial charge in [-0.15, -0.1) is 0 Å². The molecule has 0 aromatic rings. The molecule has 282 valence electrons. The smallest absolute Gasteiger partial charge is 0.367 e. The first-order chi connectivity index (χ1) is 22.4. The van der Waals surface area contributed by atoms with E-state index in [1.165, 1.54) is 122 Å². The number of hydrogen-bond acceptors (Lipinski definition) is 7. The second kappa shape index (κ2) is 35.2. The zero-order chi connectivity index (χ0) is 35.6. The van der Waals surface area contributed by atoms with Crippen LogP contribution in [0.5, 0.6) is 0 Å². The van der Waals surface area contributed by atoms with E-state index in [0.29, 0.717) is 6.42 Å². The number of allylic oxidation sites excluding steroid dienone is 2. The summed E-state index contributed by atoms with van der Waals surface area (Å²) in [5.41, 5.74) is 5.45. The van der Waals surface area contributed by atoms with Gasteiger partial charge in [0.25, 0.3) is 0 Å². The van der Waals surface area contributed by atoms with Crippen molar-refractivity contribution < 1.29 is 38.6 Å². The SMILES string of the molecule is CCCCCCCCC=CCCCCCCCC(=O)CC(N)C(O)O.CCCCCCCCCCCCC(C)OC(C)OP(=O)(O)O. The molecular formula is C37H76NO8P. The largest absolute Gasteiger partial charge is 0.471 e. The molecule has 0 aromatic heterocycles. The summed E-state index contributed by atoms with van der Waals surface area (Å²) in [6.45, 7) is 7.91. The number of hydrogen-bond donors (Lipinski definition) is 5. The quantitative estimate of drug-likeness (QED) is 0.0195. The number of aliphatic hydroxyl groups is 2. The second-order valence-corrected chi connectivity index (χ2v) is 14.4. The number of phosphoric acid groups is 1. The highest BCUT2D eigenvalue weighted by Gasteiger charge is 2.20. The van der Waals surface area contributed by atoms with E-state index < -0.39 is 26.4 Å². The first-order valence-corrected chi connectivity index (χ1v) is 20.6. The molecule has 0 aromatic carbocycles. The Bertz CT molecular complexity index is 746. The predicted molar refractivity (Wildman–Crippen MR) is 195 cm³/mol. The van der Waals surface area contributed by atoms with E-state index in [4.69, 9.17) is 30.5 Å². The number of carbonyl (C=O) groups is 1. The molecule has 0 rings (SSSR count). The Morgan fingerprint density at radius 3 is 1.51 bits per heavy atom. The number of phosphoric ester groups is 1. The van der Waals surface area contributed by atoms with E-state index in [2.05, 4.69) is 30.5 Å². The Labute approximate surface area is 289 Å². The predicted octanol–water partition coefficient (Wildman–Crippen LogP) is 9.78. The zero-order valence-corrected chi connectivity index (χ0v) is 31.7. The summed E-state index contributed by atoms with van der Waals surface area (Å²) in [4.78, 5) is 28.9. The average molecular weight is 694 g/mol. The number of ether oxygens (including phenoxy) is 1. The fraction of sp³-hybridized carbons (Fsp3) is 0.919. The van der Waals surface area contributed by atoms with Crippen LogP contribution in [0.1, 0.15) is 195 Å². The maximum atomic E-state index is 11.6. The highest BCUT2D eigenvalue weighted by Crippen LogP contribution is 2.38. The Hall–Kier alpha value is -0.640. The number of nitrogens with two attached hydrogens (primary N) is 1. The molecule has 6 N–H and O–H groups in total. The lowest BCUT2D eigenvalue weighted by Crippen LogP contribution is -2.36. The average Bonchev–Trinajstić information content (AvgIpc) is 2.99. The highest BCUT2D eigenvalue weighted by molar-refractivity contribution is 7.46. The monoisotopic (exact) mass is 694 g/mol. The van der Waals surface area contributed by atoms with E-state index in [1.54, 1.807) is 0 Å². The Balaban J connectivity index is 0. The molecule has 0 saturated carbocycles. The summed E-state index contributed by atoms with van der Waals surface area (Å²) in [6, 6.07) is -0.851. The lowest BCUT2D eigenvalue weighted by atomic mass is 10.0. The summed E-state index contributed by atoms with van der Waals surface area (Å²) in [5, 5.41) is 17.7. The highest BCUT2D eigenvalue weighted by atomic mass is 31.2. The molecule has 0 heterocycles. The van der Waals surface area contributed by atoms with Crippen LogP contribution in [0.4, 0.5) is 0 Å². The van der Waals surface area contributed by atoms with Crippen LogP contribution in [-0.4, -0.2) is 50.5 Å². The van der Waals surface area contributed by atoms with Gasteiger partial charge in [0.2, 0.25) is 0 Å². The van der Waals surface area contributed by atoms with Crippen LogP contribution in [0.15, 0.2) is 12.2 Å². The van der Waals surface area contributed by atoms with E-state index in [1.807, 2.05) is 6.92 Å². The molecule has 10 heteroatoms. The summed E-state index contributed by atoms with van der Waals surface area (Å²) in [7, 11) is -4.46. The van der Waals surface area contributed by atoms with Crippen molar-refractivity contribution in [3.63, 3.8) is 0 Å². The molecule has 0 fully saturated rings. The normalized spacial score (nSPS) is 13.9. The first kappa shape index (κ1) is 48.5. The van der Waals surface area contributed by atoms with Gasteiger partial charge in [-0.25, -0.2) is 4.57 Å². The van der Waals surface area contributed by atoms with Crippen molar-refractivity contribution in [2.75, 3.05) is 0 Å². The molecule has 0 aliphatic heterocycles. The molecule has 0 saturated heterocycles. The fourth-order valence-electron chi connectivity index (χ4n) is 5.40. The van der Waals surface area contributed by atoms with E-state index in [0.717, 1.165) is 38.5 Å². The van der Waals surface area contributed by atoms with Gasteiger partial charge in [0, 0.05) is 12.8 Å². The second-order valence-electron chi connectivity index (χ2n) is 13.2. The van der Waals surface area contributed by atoms with Crippen molar-refractivity contribution in [2.45, 2.75) is 219 Å². The summed E-state index contributed by atoms with van der Waals surface area (Å²) >= 11 is 0. The van der Waals surface area contributed by atoms with Gasteiger partial charge in [-0.2, -0.15) is 0 Å². The molecule has 3 unspecified atom stereocenters. The van der Waals surface area contributed by atoms with E-state index in [9.17, 15) is 9.36 Å². The summed E-state index contributed by atoms with van der Waals surface area (Å²) in [5.74, 6) is 0.0261. The summed E-state index contributed by atoms with van der Waals surface area (Å²) in [6.07, 6.45) is 32.6. The fourth-order valence-corrected chi connectivity index (χ4v) is 5.83. The molecule has 0 radical (unpaired) electrons. The van der Waals surface area contributed by atoms with Gasteiger partial charge >= 0.3 is 7.82 Å². The molecule has 0 aliphatic rings. The van der Waals surface area contributed by atoms with Crippen LogP contribution in [-0.2, 0) is 18.6 Å². The van der Waals surface area contributed by atoms with Crippen molar-refractivity contribution in [1.29, 1.82) is 0 Å². The lowest BCUT2D eigenvalue weighted by molar-refractivity contribution is -0.123. The maximum absolute atomic E-state index is 11.6. The van der Waals surface area contributed by atoms with Gasteiger partial charge in [-0.3, -0.25) is 9.32 Å². The molecule has 0 bridgehead atoms. The van der Waals surface area contributed by atoms with Gasteiger partial charge < -0.3 is 30.5 Å². The number of aliphatic hydroxyl groups excluding tert-OH is 1. The van der Waals surface area contributed by atoms with Gasteiger partial charge in [0.15, 0.2) is 12.6 Å². The molecule has 3 atom stereocenters. The minimum Gasteiger partial charge on any atom is -0.367 e. The Kier molecular flexibility index (Phi) is 36.3. The standard InChI is InChI=1S/C21H41NO3.C16H35O5P/c1-2-3-4-5-6-7-8-9-10-11-12-13-14-15-16-17-19(23)18-20(22)21(24)25;1-4-5-6-7-8-9-10-11-12-13-14-15(2)20-16(3)21-22(17,18)19/h9-10,20-21,24-25H,2-8,11-18,22H2,1H3;15-16H,4-14H2,1-3H3,(H2,17,18,19). The molecule has 0 aliphatic carbocycles. The zero-order valence-electron chi connectivity index (χ0n) is 30.8. The van der Waals surface area contributed by atoms with Crippen LogP contribution in [0.25, 0.3) is 0 Å². The first-order valence-electron chi connectivity index (χ1n) is 19.1. The number of unbranched alkanes of at least 4 members (excludes halogenated alkanes) is 20. The maximum Gasteiger partial charge on any atom is 0.471 e. The Morgan fingerprint density at radius 1 is 0.681 bits per heavy atom. The number of carbonyl (C=O) groups excluding carboxylic acids is 1. The minimum atomic E-state index is -4.46. The van der Waals surface area contributed by atoms with Crippen LogP contribution in [0.2, 0.25) is 0 Å². The molecule has 47 heavy (non-hydrogen) atoms. The van der Waals surface area contributed by atoms with E-state index in [-0.39, 0.29) is 18.3 Å². The minimum absolute atomic E-state index is 0.0261. The Morgan fingerprint density at radius 2 is 1.09 bits per heavy atom. The van der Waals surface area contributed by atoms with Crippen LogP contribution < -0.4 is 5.73 Å². The van der Waals surface area contributed by atoms with Gasteiger partial charge in [0.1, 0.15) is 5.78 Å². The topological polar surface area (TPSA) is 160 Å². The molecule has 0 spiro atoms. The molecular weight excluding hydrogens is 617 g/mol. The number of Topliss-reactive ketones (excluding diaryl/α,β-unsaturated/α-hetero) is 1. The van der Waals surface area contributed by atoms with Crippen molar-refractivity contribution in [2.24, 2.45) is 5.73 Å². The van der Waals surface area contributed by atoms with Crippen molar-refractivity contribution in [1.82, 2.24) is 0 Å². The lowest BCUT2D eigenvalue weighted by Gasteiger charge is -2.19. The van der Waals surface area contributed by atoms with Gasteiger partial charge in [0.05, 0.1) is 12.1 Å². The van der Waals surface area contributed by atoms with Crippen LogP contribution in [0.3, 0.4) is 0 Å². The third kappa shape index (κ3) is 41.4. The van der Waals surface area contributed by atoms with Crippen LogP contribution in [0, 0.1) is 0 Å². The third-order valence-electron chi connectivity index (χ3n) is 8.24. The number of rotatable bonds is 33. The molecule has 0 amide bonds. The third-order valence-corrected chi connectivity index (χ3v) is 8.81. The van der Waals surface area contributed by atoms with Crippen LogP contribution >= 0.6 is 7.82 Å².